The van der Waals surface area contributed by atoms with Crippen molar-refractivity contribution >= 4 is 5.91 Å². The molecule has 0 atom stereocenters. The van der Waals surface area contributed by atoms with Crippen LogP contribution >= 0.6 is 0 Å². The molecule has 1 rings (SSSR count). The molecular weight excluding hydrogens is 272 g/mol. The fourth-order valence-corrected chi connectivity index (χ4v) is 2.18. The van der Waals surface area contributed by atoms with Gasteiger partial charge in [0.25, 0.3) is 5.91 Å². The Hall–Kier alpha value is -2.03. The van der Waals surface area contributed by atoms with Crippen molar-refractivity contribution in [2.45, 2.75) is 53.0 Å². The van der Waals surface area contributed by atoms with Gasteiger partial charge in [-0.1, -0.05) is 56.7 Å². The number of rotatable bonds is 8. The normalized spacial score (nSPS) is 12.3. The van der Waals surface area contributed by atoms with Crippen LogP contribution in [0.4, 0.5) is 0 Å². The first-order chi connectivity index (χ1) is 10.6. The average Bonchev–Trinajstić information content (AvgIpc) is 2.51. The molecule has 120 valence electrons. The van der Waals surface area contributed by atoms with Gasteiger partial charge in [-0.25, -0.2) is 0 Å². The molecule has 0 saturated heterocycles. The fraction of sp³-hybridized carbons (Fsp3) is 0.421. The zero-order valence-electron chi connectivity index (χ0n) is 14.0. The second-order valence-corrected chi connectivity index (χ2v) is 5.51. The van der Waals surface area contributed by atoms with Crippen molar-refractivity contribution < 1.29 is 4.79 Å². The molecule has 0 saturated carbocycles. The number of carbonyl (C=O) groups excluding carboxylic acids is 1. The second-order valence-electron chi connectivity index (χ2n) is 5.51. The Morgan fingerprint density at radius 3 is 2.64 bits per heavy atom. The summed E-state index contributed by atoms with van der Waals surface area (Å²) >= 11 is 0. The Balaban J connectivity index is 2.67. The summed E-state index contributed by atoms with van der Waals surface area (Å²) < 4.78 is 0. The molecule has 3 N–H and O–H groups in total. The Morgan fingerprint density at radius 1 is 1.27 bits per heavy atom. The lowest BCUT2D eigenvalue weighted by Gasteiger charge is -2.09. The van der Waals surface area contributed by atoms with Crippen molar-refractivity contribution in [3.8, 4) is 0 Å². The summed E-state index contributed by atoms with van der Waals surface area (Å²) in [5.41, 5.74) is 9.32. The molecule has 22 heavy (non-hydrogen) atoms. The van der Waals surface area contributed by atoms with E-state index in [4.69, 9.17) is 5.73 Å². The molecule has 0 unspecified atom stereocenters. The second kappa shape index (κ2) is 9.82. The molecule has 0 radical (unpaired) electrons. The van der Waals surface area contributed by atoms with Gasteiger partial charge < -0.3 is 11.1 Å². The van der Waals surface area contributed by atoms with Crippen LogP contribution in [0, 0.1) is 0 Å². The number of amides is 1. The summed E-state index contributed by atoms with van der Waals surface area (Å²) in [4.78, 5) is 12.2. The third kappa shape index (κ3) is 6.17. The van der Waals surface area contributed by atoms with Crippen LogP contribution in [-0.2, 0) is 17.8 Å². The highest BCUT2D eigenvalue weighted by Crippen LogP contribution is 2.09. The number of nitrogens with two attached hydrogens (primary N) is 1. The molecule has 0 aliphatic rings. The van der Waals surface area contributed by atoms with Gasteiger partial charge in [-0.3, -0.25) is 4.79 Å². The molecular formula is C19H28N2O. The highest BCUT2D eigenvalue weighted by molar-refractivity contribution is 5.96. The number of nitrogens with one attached hydrogen (secondary N) is 1. The lowest BCUT2D eigenvalue weighted by atomic mass is 10.1. The highest BCUT2D eigenvalue weighted by atomic mass is 16.1. The van der Waals surface area contributed by atoms with E-state index < -0.39 is 0 Å². The van der Waals surface area contributed by atoms with Crippen LogP contribution in [0.2, 0.25) is 0 Å². The van der Waals surface area contributed by atoms with E-state index in [2.05, 4.69) is 30.4 Å². The third-order valence-corrected chi connectivity index (χ3v) is 3.45. The molecule has 0 fully saturated rings. The van der Waals surface area contributed by atoms with Gasteiger partial charge in [-0.15, -0.1) is 0 Å². The molecule has 0 aliphatic heterocycles. The van der Waals surface area contributed by atoms with E-state index in [0.29, 0.717) is 17.8 Å². The number of hydrogen-bond donors (Lipinski definition) is 2. The minimum Gasteiger partial charge on any atom is -0.402 e. The number of carbonyl (C=O) groups is 1. The van der Waals surface area contributed by atoms with Crippen LogP contribution in [0.5, 0.6) is 0 Å². The SMILES string of the molecule is CC/C=C\C(C(=O)NCc1cccc(CCCC)c1)=C(/C)N. The van der Waals surface area contributed by atoms with Gasteiger partial charge in [-0.05, 0) is 37.3 Å². The average molecular weight is 300 g/mol. The zero-order valence-corrected chi connectivity index (χ0v) is 14.0. The van der Waals surface area contributed by atoms with Crippen molar-refractivity contribution in [2.75, 3.05) is 0 Å². The molecule has 1 aromatic carbocycles. The lowest BCUT2D eigenvalue weighted by molar-refractivity contribution is -0.117. The van der Waals surface area contributed by atoms with E-state index in [1.54, 1.807) is 13.0 Å². The van der Waals surface area contributed by atoms with Gasteiger partial charge in [0.05, 0.1) is 5.57 Å². The third-order valence-electron chi connectivity index (χ3n) is 3.45. The quantitative estimate of drug-likeness (QED) is 0.566. The molecule has 1 aromatic rings. The van der Waals surface area contributed by atoms with Crippen LogP contribution in [0.3, 0.4) is 0 Å². The van der Waals surface area contributed by atoms with Crippen LogP contribution in [0.1, 0.15) is 51.2 Å². The maximum absolute atomic E-state index is 12.2. The van der Waals surface area contributed by atoms with Crippen LogP contribution < -0.4 is 11.1 Å². The van der Waals surface area contributed by atoms with Gasteiger partial charge in [0.15, 0.2) is 0 Å². The number of hydrogen-bond acceptors (Lipinski definition) is 2. The summed E-state index contributed by atoms with van der Waals surface area (Å²) in [5.74, 6) is -0.122. The van der Waals surface area contributed by atoms with Gasteiger partial charge in [0.2, 0.25) is 0 Å². The number of unbranched alkanes of at least 4 members (excludes halogenated alkanes) is 1. The van der Waals surface area contributed by atoms with E-state index in [0.717, 1.165) is 18.4 Å². The Kier molecular flexibility index (Phi) is 8.05. The van der Waals surface area contributed by atoms with Gasteiger partial charge in [0.1, 0.15) is 0 Å². The Bertz CT molecular complexity index is 540. The molecule has 3 nitrogen and oxygen atoms in total. The monoisotopic (exact) mass is 300 g/mol. The first-order valence-electron chi connectivity index (χ1n) is 8.07. The molecule has 1 amide bonds. The summed E-state index contributed by atoms with van der Waals surface area (Å²) in [6, 6.07) is 8.39. The molecule has 3 heteroatoms. The van der Waals surface area contributed by atoms with E-state index in [1.807, 2.05) is 19.1 Å². The van der Waals surface area contributed by atoms with Crippen molar-refractivity contribution in [1.29, 1.82) is 0 Å². The molecule has 0 aliphatic carbocycles. The highest BCUT2D eigenvalue weighted by Gasteiger charge is 2.08. The summed E-state index contributed by atoms with van der Waals surface area (Å²) in [6.07, 6.45) is 8.08. The first kappa shape index (κ1) is 18.0. The minimum atomic E-state index is -0.122. The van der Waals surface area contributed by atoms with Crippen molar-refractivity contribution in [3.05, 3.63) is 58.8 Å². The molecule has 0 heterocycles. The maximum atomic E-state index is 12.2. The van der Waals surface area contributed by atoms with Crippen molar-refractivity contribution in [3.63, 3.8) is 0 Å². The standard InChI is InChI=1S/C19H28N2O/c1-4-6-9-16-10-8-11-17(13-16)14-21-19(22)18(15(3)20)12-7-5-2/h7-8,10-13H,4-6,9,14,20H2,1-3H3,(H,21,22)/b12-7-,18-15-. The van der Waals surface area contributed by atoms with E-state index in [9.17, 15) is 4.79 Å². The molecule has 0 spiro atoms. The van der Waals surface area contributed by atoms with Gasteiger partial charge in [-0.2, -0.15) is 0 Å². The van der Waals surface area contributed by atoms with E-state index in [1.165, 1.54) is 18.4 Å². The van der Waals surface area contributed by atoms with Crippen molar-refractivity contribution in [2.24, 2.45) is 5.73 Å². The maximum Gasteiger partial charge on any atom is 0.253 e. The predicted molar refractivity (Wildman–Crippen MR) is 93.2 cm³/mol. The zero-order chi connectivity index (χ0) is 16.4. The molecule has 0 aromatic heterocycles. The summed E-state index contributed by atoms with van der Waals surface area (Å²) in [7, 11) is 0. The number of allylic oxidation sites excluding steroid dienone is 2. The largest absolute Gasteiger partial charge is 0.402 e. The lowest BCUT2D eigenvalue weighted by Crippen LogP contribution is -2.25. The number of benzene rings is 1. The van der Waals surface area contributed by atoms with Crippen LogP contribution in [0.15, 0.2) is 47.7 Å². The topological polar surface area (TPSA) is 55.1 Å². The minimum absolute atomic E-state index is 0.122. The smallest absolute Gasteiger partial charge is 0.253 e. The van der Waals surface area contributed by atoms with Crippen LogP contribution in [0.25, 0.3) is 0 Å². The van der Waals surface area contributed by atoms with E-state index in [-0.39, 0.29) is 5.91 Å². The van der Waals surface area contributed by atoms with Crippen molar-refractivity contribution in [1.82, 2.24) is 5.32 Å². The van der Waals surface area contributed by atoms with Crippen LogP contribution in [-0.4, -0.2) is 5.91 Å². The summed E-state index contributed by atoms with van der Waals surface area (Å²) in [5, 5.41) is 2.94. The Morgan fingerprint density at radius 2 is 2.00 bits per heavy atom. The van der Waals surface area contributed by atoms with Gasteiger partial charge in [0, 0.05) is 12.2 Å². The first-order valence-corrected chi connectivity index (χ1v) is 8.07. The summed E-state index contributed by atoms with van der Waals surface area (Å²) in [6.45, 7) is 6.49. The Labute approximate surface area is 134 Å². The fourth-order valence-electron chi connectivity index (χ4n) is 2.18. The molecule has 0 bridgehead atoms. The number of aryl methyl sites for hydroxylation is 1. The van der Waals surface area contributed by atoms with Gasteiger partial charge >= 0.3 is 0 Å². The predicted octanol–water partition coefficient (Wildman–Crippen LogP) is 3.84. The van der Waals surface area contributed by atoms with E-state index >= 15 is 0 Å².